The first-order valence-corrected chi connectivity index (χ1v) is 8.43. The van der Waals surface area contributed by atoms with E-state index in [2.05, 4.69) is 9.72 Å². The summed E-state index contributed by atoms with van der Waals surface area (Å²) in [5, 5.41) is 0. The highest BCUT2D eigenvalue weighted by Crippen LogP contribution is 2.20. The number of hydrogen-bond donors (Lipinski definition) is 0. The molecular weight excluding hydrogens is 332 g/mol. The first-order valence-electron chi connectivity index (χ1n) is 8.43. The Hall–Kier alpha value is -2.89. The topological polar surface area (TPSA) is 68.7 Å². The van der Waals surface area contributed by atoms with Gasteiger partial charge in [-0.3, -0.25) is 14.6 Å². The van der Waals surface area contributed by atoms with Crippen LogP contribution in [0.1, 0.15) is 23.1 Å². The molecule has 6 heteroatoms. The molecule has 0 spiro atoms. The maximum absolute atomic E-state index is 12.7. The zero-order valence-electron chi connectivity index (χ0n) is 15.4. The van der Waals surface area contributed by atoms with Crippen LogP contribution in [0.3, 0.4) is 0 Å². The summed E-state index contributed by atoms with van der Waals surface area (Å²) >= 11 is 0. The maximum atomic E-state index is 12.7. The number of esters is 1. The van der Waals surface area contributed by atoms with Crippen molar-refractivity contribution in [1.29, 1.82) is 0 Å². The highest BCUT2D eigenvalue weighted by Gasteiger charge is 2.17. The van der Waals surface area contributed by atoms with Crippen LogP contribution in [0.4, 0.5) is 0 Å². The Morgan fingerprint density at radius 3 is 2.54 bits per heavy atom. The highest BCUT2D eigenvalue weighted by atomic mass is 16.5. The van der Waals surface area contributed by atoms with Crippen LogP contribution in [-0.4, -0.2) is 42.0 Å². The smallest absolute Gasteiger partial charge is 0.307 e. The number of methoxy groups -OCH3 is 1. The van der Waals surface area contributed by atoms with Gasteiger partial charge in [-0.25, -0.2) is 0 Å². The van der Waals surface area contributed by atoms with E-state index in [1.165, 1.54) is 7.11 Å². The molecule has 0 N–H and O–H groups in total. The van der Waals surface area contributed by atoms with Crippen molar-refractivity contribution in [3.63, 3.8) is 0 Å². The van der Waals surface area contributed by atoms with Crippen molar-refractivity contribution in [2.75, 3.05) is 20.3 Å². The number of nitrogens with zero attached hydrogens (tertiary/aromatic N) is 2. The number of aryl methyl sites for hydroxylation is 1. The summed E-state index contributed by atoms with van der Waals surface area (Å²) in [6.07, 6.45) is 3.48. The lowest BCUT2D eigenvalue weighted by molar-refractivity contribution is -0.142. The third-order valence-corrected chi connectivity index (χ3v) is 4.20. The Kier molecular flexibility index (Phi) is 7.14. The molecule has 0 atom stereocenters. The van der Waals surface area contributed by atoms with Gasteiger partial charge in [-0.2, -0.15) is 0 Å². The van der Waals surface area contributed by atoms with Crippen LogP contribution < -0.4 is 4.74 Å². The predicted octanol–water partition coefficient (Wildman–Crippen LogP) is 2.67. The minimum Gasteiger partial charge on any atom is -0.483 e. The maximum Gasteiger partial charge on any atom is 0.307 e. The zero-order valence-corrected chi connectivity index (χ0v) is 15.4. The Bertz CT molecular complexity index is 747. The number of carbonyl (C=O) groups excluding carboxylic acids is 2. The average molecular weight is 356 g/mol. The molecule has 2 rings (SSSR count). The lowest BCUT2D eigenvalue weighted by atomic mass is 10.1. The van der Waals surface area contributed by atoms with Gasteiger partial charge in [0.2, 0.25) is 0 Å². The fourth-order valence-corrected chi connectivity index (χ4v) is 2.44. The van der Waals surface area contributed by atoms with Gasteiger partial charge in [-0.05, 0) is 48.7 Å². The zero-order chi connectivity index (χ0) is 18.9. The standard InChI is InChI=1S/C20H24N2O4/c1-15-5-4-6-18(16(15)2)26-14-19(23)22(12-9-20(24)25-3)13-17-7-10-21-11-8-17/h4-8,10-11H,9,12-14H2,1-3H3. The van der Waals surface area contributed by atoms with E-state index in [-0.39, 0.29) is 31.4 Å². The molecule has 2 aromatic rings. The molecule has 0 aliphatic heterocycles. The molecule has 26 heavy (non-hydrogen) atoms. The monoisotopic (exact) mass is 356 g/mol. The molecule has 0 saturated heterocycles. The third-order valence-electron chi connectivity index (χ3n) is 4.20. The van der Waals surface area contributed by atoms with Crippen LogP contribution in [0.15, 0.2) is 42.7 Å². The number of aromatic nitrogens is 1. The first kappa shape index (κ1) is 19.4. The van der Waals surface area contributed by atoms with E-state index in [1.807, 2.05) is 44.2 Å². The quantitative estimate of drug-likeness (QED) is 0.680. The Labute approximate surface area is 153 Å². The molecule has 0 bridgehead atoms. The van der Waals surface area contributed by atoms with Crippen LogP contribution in [-0.2, 0) is 20.9 Å². The number of hydrogen-bond acceptors (Lipinski definition) is 5. The second kappa shape index (κ2) is 9.56. The lowest BCUT2D eigenvalue weighted by Gasteiger charge is -2.23. The van der Waals surface area contributed by atoms with E-state index in [0.717, 1.165) is 16.7 Å². The van der Waals surface area contributed by atoms with Crippen molar-refractivity contribution in [3.8, 4) is 5.75 Å². The minimum absolute atomic E-state index is 0.0868. The summed E-state index contributed by atoms with van der Waals surface area (Å²) in [7, 11) is 1.33. The molecule has 0 saturated carbocycles. The molecule has 1 heterocycles. The number of rotatable bonds is 8. The molecule has 1 amide bonds. The fraction of sp³-hybridized carbons (Fsp3) is 0.350. The summed E-state index contributed by atoms with van der Waals surface area (Å²) in [5.41, 5.74) is 3.05. The van der Waals surface area contributed by atoms with Crippen LogP contribution in [0.25, 0.3) is 0 Å². The summed E-state index contributed by atoms with van der Waals surface area (Å²) in [5.74, 6) is 0.148. The van der Waals surface area contributed by atoms with Gasteiger partial charge in [0.05, 0.1) is 13.5 Å². The number of ether oxygens (including phenoxy) is 2. The average Bonchev–Trinajstić information content (AvgIpc) is 2.66. The SMILES string of the molecule is COC(=O)CCN(Cc1ccncc1)C(=O)COc1cccc(C)c1C. The van der Waals surface area contributed by atoms with Crippen molar-refractivity contribution in [2.24, 2.45) is 0 Å². The van der Waals surface area contributed by atoms with Crippen LogP contribution in [0, 0.1) is 13.8 Å². The molecule has 6 nitrogen and oxygen atoms in total. The van der Waals surface area contributed by atoms with Gasteiger partial charge in [-0.15, -0.1) is 0 Å². The van der Waals surface area contributed by atoms with E-state index in [0.29, 0.717) is 12.3 Å². The first-order chi connectivity index (χ1) is 12.5. The van der Waals surface area contributed by atoms with Crippen LogP contribution in [0.5, 0.6) is 5.75 Å². The lowest BCUT2D eigenvalue weighted by Crippen LogP contribution is -2.36. The van der Waals surface area contributed by atoms with E-state index < -0.39 is 0 Å². The number of benzene rings is 1. The number of pyridine rings is 1. The largest absolute Gasteiger partial charge is 0.483 e. The summed E-state index contributed by atoms with van der Waals surface area (Å²) in [4.78, 5) is 29.7. The van der Waals surface area contributed by atoms with Crippen molar-refractivity contribution in [1.82, 2.24) is 9.88 Å². The minimum atomic E-state index is -0.354. The molecule has 0 unspecified atom stereocenters. The van der Waals surface area contributed by atoms with E-state index in [1.54, 1.807) is 17.3 Å². The normalized spacial score (nSPS) is 10.3. The second-order valence-electron chi connectivity index (χ2n) is 5.98. The Morgan fingerprint density at radius 1 is 1.12 bits per heavy atom. The van der Waals surface area contributed by atoms with E-state index in [9.17, 15) is 9.59 Å². The fourth-order valence-electron chi connectivity index (χ4n) is 2.44. The predicted molar refractivity (Wildman–Crippen MR) is 97.7 cm³/mol. The van der Waals surface area contributed by atoms with Gasteiger partial charge in [0, 0.05) is 25.5 Å². The van der Waals surface area contributed by atoms with Gasteiger partial charge >= 0.3 is 5.97 Å². The van der Waals surface area contributed by atoms with E-state index in [4.69, 9.17) is 4.74 Å². The van der Waals surface area contributed by atoms with Crippen molar-refractivity contribution < 1.29 is 19.1 Å². The molecule has 1 aromatic heterocycles. The third kappa shape index (κ3) is 5.58. The number of carbonyl (C=O) groups is 2. The van der Waals surface area contributed by atoms with Crippen LogP contribution >= 0.6 is 0 Å². The van der Waals surface area contributed by atoms with Crippen molar-refractivity contribution in [2.45, 2.75) is 26.8 Å². The summed E-state index contributed by atoms with van der Waals surface area (Å²) < 4.78 is 10.4. The van der Waals surface area contributed by atoms with Gasteiger partial charge in [0.25, 0.3) is 5.91 Å². The van der Waals surface area contributed by atoms with Crippen LogP contribution in [0.2, 0.25) is 0 Å². The van der Waals surface area contributed by atoms with Gasteiger partial charge < -0.3 is 14.4 Å². The molecule has 0 aliphatic rings. The van der Waals surface area contributed by atoms with E-state index >= 15 is 0 Å². The molecule has 0 aliphatic carbocycles. The Morgan fingerprint density at radius 2 is 1.85 bits per heavy atom. The molecule has 0 fully saturated rings. The molecule has 138 valence electrons. The molecule has 0 radical (unpaired) electrons. The van der Waals surface area contributed by atoms with Crippen molar-refractivity contribution >= 4 is 11.9 Å². The summed E-state index contributed by atoms with van der Waals surface area (Å²) in [6.45, 7) is 4.52. The second-order valence-corrected chi connectivity index (χ2v) is 5.98. The van der Waals surface area contributed by atoms with Gasteiger partial charge in [-0.1, -0.05) is 12.1 Å². The van der Waals surface area contributed by atoms with Crippen molar-refractivity contribution in [3.05, 3.63) is 59.4 Å². The highest BCUT2D eigenvalue weighted by molar-refractivity contribution is 5.78. The number of amides is 1. The summed E-state index contributed by atoms with van der Waals surface area (Å²) in [6, 6.07) is 9.41. The molecule has 1 aromatic carbocycles. The van der Waals surface area contributed by atoms with Gasteiger partial charge in [0.15, 0.2) is 6.61 Å². The molecular formula is C20H24N2O4. The Balaban J connectivity index is 2.03. The van der Waals surface area contributed by atoms with Gasteiger partial charge in [0.1, 0.15) is 5.75 Å².